The van der Waals surface area contributed by atoms with Crippen LogP contribution in [-0.2, 0) is 4.79 Å². The molecular weight excluding hydrogens is 226 g/mol. The lowest BCUT2D eigenvalue weighted by atomic mass is 9.98. The van der Waals surface area contributed by atoms with Crippen LogP contribution in [0.25, 0.3) is 0 Å². The molecule has 1 amide bonds. The quantitative estimate of drug-likeness (QED) is 0.890. The molecule has 1 aromatic carbocycles. The maximum absolute atomic E-state index is 12.0. The molecule has 1 aliphatic heterocycles. The Labute approximate surface area is 108 Å². The molecule has 0 saturated carbocycles. The van der Waals surface area contributed by atoms with Gasteiger partial charge in [-0.25, -0.2) is 0 Å². The zero-order valence-electron chi connectivity index (χ0n) is 11.1. The van der Waals surface area contributed by atoms with Crippen molar-refractivity contribution in [3.8, 4) is 0 Å². The van der Waals surface area contributed by atoms with E-state index >= 15 is 0 Å². The maximum atomic E-state index is 12.0. The Hall–Kier alpha value is -1.35. The molecule has 1 fully saturated rings. The average Bonchev–Trinajstić information content (AvgIpc) is 2.36. The van der Waals surface area contributed by atoms with E-state index in [1.807, 2.05) is 38.1 Å². The number of hydrogen-bond donors (Lipinski definition) is 1. The summed E-state index contributed by atoms with van der Waals surface area (Å²) in [5.74, 6) is 0.274. The third kappa shape index (κ3) is 2.91. The molecule has 0 radical (unpaired) electrons. The van der Waals surface area contributed by atoms with Crippen molar-refractivity contribution < 1.29 is 9.90 Å². The fourth-order valence-corrected chi connectivity index (χ4v) is 2.42. The van der Waals surface area contributed by atoms with Gasteiger partial charge < -0.3 is 10.0 Å². The number of β-amino-alcohol motifs (C(OH)–C–C–N with tert-alkyl or cyclic N) is 1. The van der Waals surface area contributed by atoms with E-state index < -0.39 is 6.10 Å². The summed E-state index contributed by atoms with van der Waals surface area (Å²) in [6.45, 7) is 5.16. The van der Waals surface area contributed by atoms with E-state index in [9.17, 15) is 9.90 Å². The fourth-order valence-electron chi connectivity index (χ4n) is 2.42. The Morgan fingerprint density at radius 1 is 1.39 bits per heavy atom. The second-order valence-electron chi connectivity index (χ2n) is 5.25. The highest BCUT2D eigenvalue weighted by Gasteiger charge is 2.26. The molecule has 18 heavy (non-hydrogen) atoms. The molecule has 2 atom stereocenters. The van der Waals surface area contributed by atoms with E-state index in [1.54, 1.807) is 4.90 Å². The van der Waals surface area contributed by atoms with Gasteiger partial charge in [0.2, 0.25) is 5.91 Å². The van der Waals surface area contributed by atoms with Gasteiger partial charge in [0, 0.05) is 12.5 Å². The lowest BCUT2D eigenvalue weighted by Gasteiger charge is -2.32. The minimum Gasteiger partial charge on any atom is -0.387 e. The first-order valence-electron chi connectivity index (χ1n) is 6.61. The van der Waals surface area contributed by atoms with Crippen molar-refractivity contribution in [1.29, 1.82) is 0 Å². The molecule has 0 aromatic heterocycles. The van der Waals surface area contributed by atoms with Gasteiger partial charge in [-0.15, -0.1) is 0 Å². The number of nitrogens with zero attached hydrogens (tertiary/aromatic N) is 1. The fraction of sp³-hybridized carbons (Fsp3) is 0.533. The van der Waals surface area contributed by atoms with E-state index in [2.05, 4.69) is 0 Å². The van der Waals surface area contributed by atoms with Gasteiger partial charge in [0.1, 0.15) is 0 Å². The highest BCUT2D eigenvalue weighted by atomic mass is 16.3. The van der Waals surface area contributed by atoms with Crippen LogP contribution in [0.3, 0.4) is 0 Å². The summed E-state index contributed by atoms with van der Waals surface area (Å²) >= 11 is 0. The number of piperidine rings is 1. The highest BCUT2D eigenvalue weighted by Crippen LogP contribution is 2.21. The summed E-state index contributed by atoms with van der Waals surface area (Å²) < 4.78 is 0. The third-order valence-electron chi connectivity index (χ3n) is 3.65. The number of carbonyl (C=O) groups is 1. The number of aliphatic hydroxyl groups excluding tert-OH is 1. The normalized spacial score (nSPS) is 22.1. The first-order chi connectivity index (χ1) is 8.58. The van der Waals surface area contributed by atoms with Crippen LogP contribution in [0.1, 0.15) is 37.0 Å². The molecule has 0 bridgehead atoms. The van der Waals surface area contributed by atoms with Crippen molar-refractivity contribution in [3.05, 3.63) is 35.4 Å². The summed E-state index contributed by atoms with van der Waals surface area (Å²) in [5.41, 5.74) is 2.06. The van der Waals surface area contributed by atoms with E-state index in [0.717, 1.165) is 24.9 Å². The predicted molar refractivity (Wildman–Crippen MR) is 71.1 cm³/mol. The second kappa shape index (κ2) is 5.53. The van der Waals surface area contributed by atoms with Gasteiger partial charge >= 0.3 is 0 Å². The number of benzene rings is 1. The molecule has 1 saturated heterocycles. The van der Waals surface area contributed by atoms with Gasteiger partial charge in [-0.1, -0.05) is 36.8 Å². The number of amides is 1. The van der Waals surface area contributed by atoms with E-state index in [0.29, 0.717) is 6.54 Å². The Balaban J connectivity index is 2.00. The Bertz CT molecular complexity index is 413. The lowest BCUT2D eigenvalue weighted by molar-refractivity contribution is -0.139. The molecule has 1 N–H and O–H groups in total. The molecule has 2 rings (SSSR count). The number of rotatable bonds is 3. The predicted octanol–water partition coefficient (Wildman–Crippen LogP) is 2.29. The highest BCUT2D eigenvalue weighted by molar-refractivity contribution is 5.79. The van der Waals surface area contributed by atoms with Crippen LogP contribution in [0, 0.1) is 12.8 Å². The molecule has 1 aromatic rings. The molecule has 1 aliphatic rings. The SMILES string of the molecule is Cc1ccc(C(O)CN2CCCC(C)C2=O)cc1. The minimum absolute atomic E-state index is 0.101. The zero-order chi connectivity index (χ0) is 13.1. The number of likely N-dealkylation sites (tertiary alicyclic amines) is 1. The van der Waals surface area contributed by atoms with Gasteiger partial charge in [-0.2, -0.15) is 0 Å². The Morgan fingerprint density at radius 2 is 2.06 bits per heavy atom. The summed E-state index contributed by atoms with van der Waals surface area (Å²) in [7, 11) is 0. The van der Waals surface area contributed by atoms with Crippen molar-refractivity contribution in [2.24, 2.45) is 5.92 Å². The van der Waals surface area contributed by atoms with E-state index in [4.69, 9.17) is 0 Å². The smallest absolute Gasteiger partial charge is 0.225 e. The molecule has 3 heteroatoms. The number of hydrogen-bond acceptors (Lipinski definition) is 2. The first-order valence-corrected chi connectivity index (χ1v) is 6.61. The summed E-state index contributed by atoms with van der Waals surface area (Å²) in [5, 5.41) is 10.2. The van der Waals surface area contributed by atoms with Crippen molar-refractivity contribution in [1.82, 2.24) is 4.90 Å². The van der Waals surface area contributed by atoms with Gasteiger partial charge in [0.05, 0.1) is 12.6 Å². The lowest BCUT2D eigenvalue weighted by Crippen LogP contribution is -2.42. The van der Waals surface area contributed by atoms with E-state index in [-0.39, 0.29) is 11.8 Å². The number of carbonyl (C=O) groups excluding carboxylic acids is 1. The summed E-state index contributed by atoms with van der Waals surface area (Å²) in [6, 6.07) is 7.83. The first kappa shape index (κ1) is 13.1. The standard InChI is InChI=1S/C15H21NO2/c1-11-5-7-13(8-6-11)14(17)10-16-9-3-4-12(2)15(16)18/h5-8,12,14,17H,3-4,9-10H2,1-2H3. The van der Waals surface area contributed by atoms with Crippen molar-refractivity contribution in [2.45, 2.75) is 32.8 Å². The molecular formula is C15H21NO2. The van der Waals surface area contributed by atoms with Crippen LogP contribution in [0.15, 0.2) is 24.3 Å². The molecule has 2 unspecified atom stereocenters. The molecule has 0 aliphatic carbocycles. The molecule has 0 spiro atoms. The van der Waals surface area contributed by atoms with Crippen molar-refractivity contribution in [2.75, 3.05) is 13.1 Å². The van der Waals surface area contributed by atoms with Crippen LogP contribution in [0.2, 0.25) is 0 Å². The average molecular weight is 247 g/mol. The van der Waals surface area contributed by atoms with Crippen LogP contribution in [0.4, 0.5) is 0 Å². The molecule has 98 valence electrons. The molecule has 1 heterocycles. The number of aliphatic hydroxyl groups is 1. The topological polar surface area (TPSA) is 40.5 Å². The Kier molecular flexibility index (Phi) is 4.02. The Morgan fingerprint density at radius 3 is 2.72 bits per heavy atom. The van der Waals surface area contributed by atoms with Crippen LogP contribution in [0.5, 0.6) is 0 Å². The van der Waals surface area contributed by atoms with Gasteiger partial charge in [0.25, 0.3) is 0 Å². The summed E-state index contributed by atoms with van der Waals surface area (Å²) in [4.78, 5) is 13.8. The largest absolute Gasteiger partial charge is 0.387 e. The van der Waals surface area contributed by atoms with Crippen molar-refractivity contribution >= 4 is 5.91 Å². The second-order valence-corrected chi connectivity index (χ2v) is 5.25. The third-order valence-corrected chi connectivity index (χ3v) is 3.65. The van der Waals surface area contributed by atoms with Crippen LogP contribution < -0.4 is 0 Å². The van der Waals surface area contributed by atoms with Gasteiger partial charge in [-0.05, 0) is 25.3 Å². The molecule has 3 nitrogen and oxygen atoms in total. The van der Waals surface area contributed by atoms with Gasteiger partial charge in [0.15, 0.2) is 0 Å². The number of aryl methyl sites for hydroxylation is 1. The minimum atomic E-state index is -0.583. The van der Waals surface area contributed by atoms with Crippen LogP contribution in [-0.4, -0.2) is 29.0 Å². The summed E-state index contributed by atoms with van der Waals surface area (Å²) in [6.07, 6.45) is 1.42. The monoisotopic (exact) mass is 247 g/mol. The zero-order valence-corrected chi connectivity index (χ0v) is 11.1. The van der Waals surface area contributed by atoms with Gasteiger partial charge in [-0.3, -0.25) is 4.79 Å². The van der Waals surface area contributed by atoms with Crippen molar-refractivity contribution in [3.63, 3.8) is 0 Å². The van der Waals surface area contributed by atoms with Crippen LogP contribution >= 0.6 is 0 Å². The maximum Gasteiger partial charge on any atom is 0.225 e. The van der Waals surface area contributed by atoms with E-state index in [1.165, 1.54) is 5.56 Å².